The highest BCUT2D eigenvalue weighted by molar-refractivity contribution is 7.92. The Kier molecular flexibility index (Phi) is 6.71. The first-order valence-corrected chi connectivity index (χ1v) is 11.9. The molecule has 0 spiro atoms. The first-order chi connectivity index (χ1) is 12.8. The van der Waals surface area contributed by atoms with Crippen LogP contribution in [-0.2, 0) is 26.5 Å². The Morgan fingerprint density at radius 1 is 1.18 bits per heavy atom. The predicted octanol–water partition coefficient (Wildman–Crippen LogP) is 3.83. The van der Waals surface area contributed by atoms with E-state index in [1.165, 1.54) is 22.9 Å². The fraction of sp³-hybridized carbons (Fsp3) is 0.333. The van der Waals surface area contributed by atoms with Crippen molar-refractivity contribution in [2.45, 2.75) is 23.7 Å². The average Bonchev–Trinajstić information content (AvgIpc) is 3.00. The van der Waals surface area contributed by atoms with Crippen LogP contribution in [0.3, 0.4) is 0 Å². The van der Waals surface area contributed by atoms with Crippen LogP contribution in [0.25, 0.3) is 0 Å². The van der Waals surface area contributed by atoms with Crippen LogP contribution in [0.5, 0.6) is 0 Å². The second-order valence-corrected chi connectivity index (χ2v) is 10.6. The first-order valence-electron chi connectivity index (χ1n) is 7.63. The predicted molar refractivity (Wildman–Crippen MR) is 103 cm³/mol. The molecule has 0 aliphatic heterocycles. The molecule has 1 aromatic heterocycles. The fourth-order valence-electron chi connectivity index (χ4n) is 2.26. The molecule has 1 N–H and O–H groups in total. The second-order valence-electron chi connectivity index (χ2n) is 5.80. The SMILES string of the molecule is Cc1c(Cl)cccc1S(=O)(=O)Nc1cscc1CCN(C)S(=O)(=O)C(F)(F)F. The van der Waals surface area contributed by atoms with Crippen molar-refractivity contribution in [3.8, 4) is 0 Å². The monoisotopic (exact) mass is 476 g/mol. The number of thiophene rings is 1. The molecular formula is C15H16ClF3N2O4S3. The summed E-state index contributed by atoms with van der Waals surface area (Å²) in [6.07, 6.45) is -0.109. The quantitative estimate of drug-likeness (QED) is 0.658. The Labute approximate surface area is 170 Å². The van der Waals surface area contributed by atoms with Gasteiger partial charge in [-0.1, -0.05) is 17.7 Å². The largest absolute Gasteiger partial charge is 0.511 e. The second kappa shape index (κ2) is 8.19. The summed E-state index contributed by atoms with van der Waals surface area (Å²) in [7, 11) is -8.62. The van der Waals surface area contributed by atoms with E-state index in [2.05, 4.69) is 4.72 Å². The van der Waals surface area contributed by atoms with Gasteiger partial charge in [-0.25, -0.2) is 16.8 Å². The van der Waals surface area contributed by atoms with Crippen molar-refractivity contribution in [3.05, 3.63) is 45.1 Å². The molecule has 13 heteroatoms. The molecule has 28 heavy (non-hydrogen) atoms. The Bertz CT molecular complexity index is 1070. The van der Waals surface area contributed by atoms with Crippen LogP contribution in [0.1, 0.15) is 11.1 Å². The van der Waals surface area contributed by atoms with Gasteiger partial charge in [-0.3, -0.25) is 4.72 Å². The van der Waals surface area contributed by atoms with Gasteiger partial charge in [0.1, 0.15) is 0 Å². The molecule has 1 aromatic carbocycles. The fourth-order valence-corrected chi connectivity index (χ4v) is 5.43. The number of sulfonamides is 2. The molecule has 156 valence electrons. The topological polar surface area (TPSA) is 83.6 Å². The van der Waals surface area contributed by atoms with Crippen LogP contribution in [0.4, 0.5) is 18.9 Å². The highest BCUT2D eigenvalue weighted by Crippen LogP contribution is 2.29. The maximum atomic E-state index is 12.6. The van der Waals surface area contributed by atoms with E-state index < -0.39 is 32.1 Å². The minimum Gasteiger partial charge on any atom is -0.278 e. The van der Waals surface area contributed by atoms with Crippen molar-refractivity contribution < 1.29 is 30.0 Å². The van der Waals surface area contributed by atoms with Crippen LogP contribution in [0.15, 0.2) is 33.9 Å². The minimum absolute atomic E-state index is 0.0334. The molecule has 0 atom stereocenters. The molecule has 0 saturated heterocycles. The molecule has 1 heterocycles. The van der Waals surface area contributed by atoms with Gasteiger partial charge in [-0.2, -0.15) is 17.5 Å². The van der Waals surface area contributed by atoms with E-state index in [9.17, 15) is 30.0 Å². The molecular weight excluding hydrogens is 461 g/mol. The summed E-state index contributed by atoms with van der Waals surface area (Å²) in [5.74, 6) is 0. The van der Waals surface area contributed by atoms with Crippen LogP contribution < -0.4 is 4.72 Å². The van der Waals surface area contributed by atoms with Gasteiger partial charge in [0.25, 0.3) is 10.0 Å². The zero-order valence-corrected chi connectivity index (χ0v) is 17.8. The van der Waals surface area contributed by atoms with Crippen molar-refractivity contribution in [2.24, 2.45) is 0 Å². The molecule has 0 radical (unpaired) electrons. The van der Waals surface area contributed by atoms with Crippen molar-refractivity contribution in [3.63, 3.8) is 0 Å². The van der Waals surface area contributed by atoms with Gasteiger partial charge in [0, 0.05) is 24.0 Å². The number of halogens is 4. The van der Waals surface area contributed by atoms with Crippen LogP contribution in [0.2, 0.25) is 5.02 Å². The van der Waals surface area contributed by atoms with Gasteiger partial charge < -0.3 is 0 Å². The van der Waals surface area contributed by atoms with Gasteiger partial charge in [-0.15, -0.1) is 11.3 Å². The lowest BCUT2D eigenvalue weighted by Crippen LogP contribution is -2.39. The minimum atomic E-state index is -5.45. The molecule has 0 amide bonds. The summed E-state index contributed by atoms with van der Waals surface area (Å²) in [6, 6.07) is 4.40. The summed E-state index contributed by atoms with van der Waals surface area (Å²) in [5, 5.41) is 3.29. The molecule has 0 aliphatic rings. The molecule has 0 unspecified atom stereocenters. The summed E-state index contributed by atoms with van der Waals surface area (Å²) in [6.45, 7) is 1.08. The van der Waals surface area contributed by atoms with Crippen LogP contribution >= 0.6 is 22.9 Å². The van der Waals surface area contributed by atoms with Crippen molar-refractivity contribution >= 4 is 48.7 Å². The van der Waals surface area contributed by atoms with Crippen LogP contribution in [-0.4, -0.2) is 40.2 Å². The number of likely N-dealkylation sites (N-methyl/N-ethyl adjacent to an activating group) is 1. The summed E-state index contributed by atoms with van der Waals surface area (Å²) < 4.78 is 88.3. The first kappa shape index (κ1) is 22.9. The van der Waals surface area contributed by atoms with Crippen molar-refractivity contribution in [2.75, 3.05) is 18.3 Å². The number of benzene rings is 1. The molecule has 0 saturated carbocycles. The molecule has 6 nitrogen and oxygen atoms in total. The number of nitrogens with zero attached hydrogens (tertiary/aromatic N) is 1. The molecule has 2 aromatic rings. The third-order valence-electron chi connectivity index (χ3n) is 3.89. The van der Waals surface area contributed by atoms with Crippen LogP contribution in [0, 0.1) is 6.92 Å². The highest BCUT2D eigenvalue weighted by Gasteiger charge is 2.48. The normalized spacial score (nSPS) is 13.1. The number of hydrogen-bond acceptors (Lipinski definition) is 5. The third kappa shape index (κ3) is 4.79. The van der Waals surface area contributed by atoms with Crippen molar-refractivity contribution in [1.82, 2.24) is 4.31 Å². The van der Waals surface area contributed by atoms with Gasteiger partial charge in [0.15, 0.2) is 0 Å². The van der Waals surface area contributed by atoms with Gasteiger partial charge in [-0.05, 0) is 42.0 Å². The summed E-state index contributed by atoms with van der Waals surface area (Å²) in [5.41, 5.74) is -4.51. The smallest absolute Gasteiger partial charge is 0.278 e. The van der Waals surface area contributed by atoms with Gasteiger partial charge >= 0.3 is 15.5 Å². The number of alkyl halides is 3. The lowest BCUT2D eigenvalue weighted by molar-refractivity contribution is -0.0482. The van der Waals surface area contributed by atoms with E-state index in [0.29, 0.717) is 11.1 Å². The Morgan fingerprint density at radius 3 is 2.43 bits per heavy atom. The lowest BCUT2D eigenvalue weighted by Gasteiger charge is -2.19. The maximum Gasteiger partial charge on any atom is 0.511 e. The lowest BCUT2D eigenvalue weighted by atomic mass is 10.2. The average molecular weight is 477 g/mol. The maximum absolute atomic E-state index is 12.6. The van der Waals surface area contributed by atoms with E-state index in [1.807, 2.05) is 0 Å². The Morgan fingerprint density at radius 2 is 1.82 bits per heavy atom. The van der Waals surface area contributed by atoms with E-state index in [1.54, 1.807) is 13.0 Å². The zero-order valence-electron chi connectivity index (χ0n) is 14.6. The molecule has 0 aliphatic carbocycles. The van der Waals surface area contributed by atoms with E-state index in [4.69, 9.17) is 11.6 Å². The number of hydrogen-bond donors (Lipinski definition) is 1. The molecule has 0 bridgehead atoms. The molecule has 2 rings (SSSR count). The number of rotatable bonds is 7. The summed E-state index contributed by atoms with van der Waals surface area (Å²) in [4.78, 5) is -0.0334. The number of nitrogens with one attached hydrogen (secondary N) is 1. The zero-order chi connectivity index (χ0) is 21.3. The van der Waals surface area contributed by atoms with Gasteiger partial charge in [0.2, 0.25) is 0 Å². The van der Waals surface area contributed by atoms with E-state index >= 15 is 0 Å². The Hall–Kier alpha value is -1.34. The third-order valence-corrected chi connectivity index (χ3v) is 8.19. The highest BCUT2D eigenvalue weighted by atomic mass is 35.5. The van der Waals surface area contributed by atoms with Gasteiger partial charge in [0.05, 0.1) is 10.6 Å². The Balaban J connectivity index is 2.20. The number of anilines is 1. The standard InChI is InChI=1S/C15H16ClF3N2O4S3/c1-10-12(16)4-3-5-14(10)27(22,23)20-13-9-26-8-11(13)6-7-21(2)28(24,25)15(17,18)19/h3-5,8-9,20H,6-7H2,1-2H3. The van der Waals surface area contributed by atoms with E-state index in [-0.39, 0.29) is 26.3 Å². The molecule has 0 fully saturated rings. The summed E-state index contributed by atoms with van der Waals surface area (Å²) >= 11 is 7.08. The van der Waals surface area contributed by atoms with Crippen molar-refractivity contribution in [1.29, 1.82) is 0 Å². The van der Waals surface area contributed by atoms with E-state index in [0.717, 1.165) is 18.4 Å².